The van der Waals surface area contributed by atoms with E-state index in [1.807, 2.05) is 0 Å². The van der Waals surface area contributed by atoms with Gasteiger partial charge in [0.1, 0.15) is 16.4 Å². The fraction of sp³-hybridized carbons (Fsp3) is 0.217. The summed E-state index contributed by atoms with van der Waals surface area (Å²) in [6.45, 7) is 0.930. The summed E-state index contributed by atoms with van der Waals surface area (Å²) in [4.78, 5) is 25.7. The Hall–Kier alpha value is -3.50. The molecule has 1 aliphatic rings. The van der Waals surface area contributed by atoms with Crippen LogP contribution in [0.3, 0.4) is 0 Å². The average molecular weight is 471 g/mol. The number of nitrogens with one attached hydrogen (secondary N) is 2. The van der Waals surface area contributed by atoms with Crippen LogP contribution in [0.15, 0.2) is 65.7 Å². The van der Waals surface area contributed by atoms with Gasteiger partial charge in [0.15, 0.2) is 0 Å². The number of aryl methyl sites for hydroxylation is 1. The number of hydrogen-bond donors (Lipinski definition) is 2. The standard InChI is InChI=1S/C23H23FN4O4S/c1-27-15-18(33(31,32)28-11-4-5-12-28)14-21(27)23(30)26-20-10-3-2-9-19(20)22(29)25-17-8-6-7-16(24)13-17/h2-3,6-10,13-15H,4-5,11-12H2,1H3,(H,25,29)(H,26,30). The third-order valence-electron chi connectivity index (χ3n) is 5.42. The molecule has 0 bridgehead atoms. The first-order chi connectivity index (χ1) is 15.8. The molecule has 2 aromatic carbocycles. The van der Waals surface area contributed by atoms with Crippen LogP contribution in [0.2, 0.25) is 0 Å². The van der Waals surface area contributed by atoms with Crippen molar-refractivity contribution in [2.24, 2.45) is 7.05 Å². The number of nitrogens with zero attached hydrogens (tertiary/aromatic N) is 2. The molecule has 0 saturated carbocycles. The van der Waals surface area contributed by atoms with Gasteiger partial charge in [-0.3, -0.25) is 9.59 Å². The van der Waals surface area contributed by atoms with Crippen LogP contribution >= 0.6 is 0 Å². The van der Waals surface area contributed by atoms with Gasteiger partial charge in [0, 0.05) is 32.0 Å². The second-order valence-electron chi connectivity index (χ2n) is 7.75. The van der Waals surface area contributed by atoms with Crippen molar-refractivity contribution >= 4 is 33.2 Å². The Morgan fingerprint density at radius 2 is 1.67 bits per heavy atom. The molecule has 1 saturated heterocycles. The van der Waals surface area contributed by atoms with E-state index >= 15 is 0 Å². The quantitative estimate of drug-likeness (QED) is 0.576. The second kappa shape index (κ2) is 9.16. The number of aromatic nitrogens is 1. The van der Waals surface area contributed by atoms with Crippen LogP contribution < -0.4 is 10.6 Å². The molecule has 3 aromatic rings. The van der Waals surface area contributed by atoms with Gasteiger partial charge in [0.05, 0.1) is 11.3 Å². The maximum Gasteiger partial charge on any atom is 0.272 e. The molecule has 4 rings (SSSR count). The van der Waals surface area contributed by atoms with E-state index < -0.39 is 27.7 Å². The van der Waals surface area contributed by atoms with Crippen molar-refractivity contribution in [2.75, 3.05) is 23.7 Å². The summed E-state index contributed by atoms with van der Waals surface area (Å²) in [7, 11) is -2.08. The molecule has 2 heterocycles. The monoisotopic (exact) mass is 470 g/mol. The maximum absolute atomic E-state index is 13.4. The molecule has 0 radical (unpaired) electrons. The van der Waals surface area contributed by atoms with Crippen LogP contribution in [0.4, 0.5) is 15.8 Å². The molecule has 2 N–H and O–H groups in total. The van der Waals surface area contributed by atoms with Crippen LogP contribution in [0.25, 0.3) is 0 Å². The van der Waals surface area contributed by atoms with Gasteiger partial charge in [-0.05, 0) is 49.2 Å². The zero-order valence-corrected chi connectivity index (χ0v) is 18.7. The first kappa shape index (κ1) is 22.7. The number of rotatable bonds is 6. The molecule has 2 amide bonds. The lowest BCUT2D eigenvalue weighted by Crippen LogP contribution is -2.27. The highest BCUT2D eigenvalue weighted by Gasteiger charge is 2.29. The van der Waals surface area contributed by atoms with E-state index in [1.54, 1.807) is 31.3 Å². The molecule has 0 unspecified atom stereocenters. The molecular weight excluding hydrogens is 447 g/mol. The van der Waals surface area contributed by atoms with Crippen LogP contribution in [0.1, 0.15) is 33.7 Å². The SMILES string of the molecule is Cn1cc(S(=O)(=O)N2CCCC2)cc1C(=O)Nc1ccccc1C(=O)Nc1cccc(F)c1. The highest BCUT2D eigenvalue weighted by atomic mass is 32.2. The van der Waals surface area contributed by atoms with Crippen LogP contribution in [0, 0.1) is 5.82 Å². The molecule has 10 heteroatoms. The summed E-state index contributed by atoms with van der Waals surface area (Å²) in [5, 5.41) is 5.28. The summed E-state index contributed by atoms with van der Waals surface area (Å²) in [6, 6.07) is 13.2. The number of para-hydroxylation sites is 1. The van der Waals surface area contributed by atoms with E-state index in [2.05, 4.69) is 10.6 Å². The highest BCUT2D eigenvalue weighted by Crippen LogP contribution is 2.24. The number of hydrogen-bond acceptors (Lipinski definition) is 4. The molecule has 1 aliphatic heterocycles. The van der Waals surface area contributed by atoms with Crippen LogP contribution in [-0.4, -0.2) is 42.2 Å². The van der Waals surface area contributed by atoms with Gasteiger partial charge in [0.2, 0.25) is 10.0 Å². The summed E-state index contributed by atoms with van der Waals surface area (Å²) >= 11 is 0. The first-order valence-electron chi connectivity index (χ1n) is 10.4. The minimum atomic E-state index is -3.67. The fourth-order valence-corrected chi connectivity index (χ4v) is 5.31. The minimum absolute atomic E-state index is 0.0502. The number of benzene rings is 2. The second-order valence-corrected chi connectivity index (χ2v) is 9.69. The average Bonchev–Trinajstić information content (AvgIpc) is 3.45. The number of halogens is 1. The summed E-state index contributed by atoms with van der Waals surface area (Å²) < 4.78 is 41.9. The van der Waals surface area contributed by atoms with Gasteiger partial charge < -0.3 is 15.2 Å². The third kappa shape index (κ3) is 4.81. The number of carbonyl (C=O) groups is 2. The van der Waals surface area contributed by atoms with E-state index in [4.69, 9.17) is 0 Å². The molecule has 0 aliphatic carbocycles. The van der Waals surface area contributed by atoms with Gasteiger partial charge in [-0.2, -0.15) is 4.31 Å². The van der Waals surface area contributed by atoms with E-state index in [0.29, 0.717) is 13.1 Å². The zero-order valence-electron chi connectivity index (χ0n) is 17.9. The van der Waals surface area contributed by atoms with Gasteiger partial charge in [0.25, 0.3) is 11.8 Å². The first-order valence-corrected chi connectivity index (χ1v) is 11.8. The Morgan fingerprint density at radius 1 is 0.939 bits per heavy atom. The maximum atomic E-state index is 13.4. The lowest BCUT2D eigenvalue weighted by Gasteiger charge is -2.13. The molecule has 0 spiro atoms. The summed E-state index contributed by atoms with van der Waals surface area (Å²) in [5.74, 6) is -1.58. The lowest BCUT2D eigenvalue weighted by atomic mass is 10.1. The van der Waals surface area contributed by atoms with Gasteiger partial charge in [-0.15, -0.1) is 0 Å². The Kier molecular flexibility index (Phi) is 6.30. The summed E-state index contributed by atoms with van der Waals surface area (Å²) in [6.07, 6.45) is 3.03. The predicted molar refractivity (Wildman–Crippen MR) is 122 cm³/mol. The Bertz CT molecular complexity index is 1310. The molecule has 33 heavy (non-hydrogen) atoms. The number of sulfonamides is 1. The van der Waals surface area contributed by atoms with Crippen molar-refractivity contribution in [1.82, 2.24) is 8.87 Å². The van der Waals surface area contributed by atoms with Crippen molar-refractivity contribution in [3.05, 3.63) is 77.9 Å². The number of amides is 2. The molecular formula is C23H23FN4O4S. The van der Waals surface area contributed by atoms with Crippen molar-refractivity contribution in [3.8, 4) is 0 Å². The number of carbonyl (C=O) groups excluding carboxylic acids is 2. The fourth-order valence-electron chi connectivity index (χ4n) is 3.72. The Morgan fingerprint density at radius 3 is 2.39 bits per heavy atom. The van der Waals surface area contributed by atoms with Gasteiger partial charge in [-0.1, -0.05) is 18.2 Å². The number of anilines is 2. The molecule has 1 aromatic heterocycles. The lowest BCUT2D eigenvalue weighted by molar-refractivity contribution is 0.101. The van der Waals surface area contributed by atoms with E-state index in [0.717, 1.165) is 12.8 Å². The zero-order chi connectivity index (χ0) is 23.6. The van der Waals surface area contributed by atoms with Gasteiger partial charge in [-0.25, -0.2) is 12.8 Å². The molecule has 1 fully saturated rings. The van der Waals surface area contributed by atoms with Crippen molar-refractivity contribution in [3.63, 3.8) is 0 Å². The minimum Gasteiger partial charge on any atom is -0.345 e. The molecule has 8 nitrogen and oxygen atoms in total. The smallest absolute Gasteiger partial charge is 0.272 e. The van der Waals surface area contributed by atoms with Crippen molar-refractivity contribution in [1.29, 1.82) is 0 Å². The van der Waals surface area contributed by atoms with E-state index in [9.17, 15) is 22.4 Å². The summed E-state index contributed by atoms with van der Waals surface area (Å²) in [5.41, 5.74) is 0.823. The third-order valence-corrected chi connectivity index (χ3v) is 7.28. The normalized spacial score (nSPS) is 14.2. The molecule has 172 valence electrons. The van der Waals surface area contributed by atoms with E-state index in [-0.39, 0.29) is 27.5 Å². The highest BCUT2D eigenvalue weighted by molar-refractivity contribution is 7.89. The molecule has 0 atom stereocenters. The van der Waals surface area contributed by atoms with Crippen molar-refractivity contribution in [2.45, 2.75) is 17.7 Å². The predicted octanol–water partition coefficient (Wildman–Crippen LogP) is 3.45. The van der Waals surface area contributed by atoms with Gasteiger partial charge >= 0.3 is 0 Å². The largest absolute Gasteiger partial charge is 0.345 e. The van der Waals surface area contributed by atoms with Crippen molar-refractivity contribution < 1.29 is 22.4 Å². The topological polar surface area (TPSA) is 101 Å². The van der Waals surface area contributed by atoms with Crippen LogP contribution in [-0.2, 0) is 17.1 Å². The Labute approximate surface area is 191 Å². The van der Waals surface area contributed by atoms with Crippen LogP contribution in [0.5, 0.6) is 0 Å². The Balaban J connectivity index is 1.55. The van der Waals surface area contributed by atoms with E-state index in [1.165, 1.54) is 45.4 Å².